The van der Waals surface area contributed by atoms with Gasteiger partial charge >= 0.3 is 11.9 Å². The third-order valence-corrected chi connectivity index (χ3v) is 7.14. The molecule has 0 saturated carbocycles. The Labute approximate surface area is 259 Å². The van der Waals surface area contributed by atoms with Crippen LogP contribution in [0.25, 0.3) is 12.2 Å². The summed E-state index contributed by atoms with van der Waals surface area (Å²) in [4.78, 5) is 37.7. The molecule has 0 radical (unpaired) electrons. The Morgan fingerprint density at radius 2 is 1.09 bits per heavy atom. The van der Waals surface area contributed by atoms with Crippen LogP contribution >= 0.6 is 0 Å². The Bertz CT molecular complexity index is 1630. The van der Waals surface area contributed by atoms with Gasteiger partial charge in [0.2, 0.25) is 0 Å². The number of rotatable bonds is 10. The summed E-state index contributed by atoms with van der Waals surface area (Å²) in [6.45, 7) is 12.4. The van der Waals surface area contributed by atoms with E-state index in [1.807, 2.05) is 6.92 Å². The Balaban J connectivity index is 1.89. The van der Waals surface area contributed by atoms with Crippen molar-refractivity contribution >= 4 is 40.0 Å². The van der Waals surface area contributed by atoms with E-state index in [2.05, 4.69) is 0 Å². The van der Waals surface area contributed by atoms with Crippen LogP contribution in [0.1, 0.15) is 80.3 Å². The molecule has 0 amide bonds. The minimum atomic E-state index is -4.33. The SMILES string of the molecule is Cc1ccc(S(=O)(=O)OC(C(=O)c2ccc(/C=C/C(=O)OC(C)(C)C)cc2)c2ccc(/C=C/C(=O)OC(C)(C)C)cc2)cc1. The van der Waals surface area contributed by atoms with E-state index in [-0.39, 0.29) is 10.5 Å². The first-order valence-corrected chi connectivity index (χ1v) is 15.4. The molecule has 0 bridgehead atoms. The van der Waals surface area contributed by atoms with Crippen LogP contribution in [0.3, 0.4) is 0 Å². The summed E-state index contributed by atoms with van der Waals surface area (Å²) in [5, 5.41) is 0. The molecule has 44 heavy (non-hydrogen) atoms. The van der Waals surface area contributed by atoms with Crippen molar-refractivity contribution in [3.8, 4) is 0 Å². The van der Waals surface area contributed by atoms with Gasteiger partial charge in [0, 0.05) is 17.7 Å². The van der Waals surface area contributed by atoms with E-state index in [4.69, 9.17) is 13.7 Å². The minimum absolute atomic E-state index is 0.0829. The smallest absolute Gasteiger partial charge is 0.331 e. The molecule has 232 valence electrons. The van der Waals surface area contributed by atoms with Crippen LogP contribution in [-0.4, -0.2) is 37.3 Å². The van der Waals surface area contributed by atoms with Gasteiger partial charge in [0.15, 0.2) is 11.9 Å². The number of ether oxygens (including phenoxy) is 2. The molecule has 0 N–H and O–H groups in total. The predicted molar refractivity (Wildman–Crippen MR) is 169 cm³/mol. The van der Waals surface area contributed by atoms with Crippen LogP contribution in [-0.2, 0) is 33.4 Å². The molecule has 3 rings (SSSR count). The number of esters is 2. The van der Waals surface area contributed by atoms with Crippen molar-refractivity contribution < 1.29 is 36.5 Å². The van der Waals surface area contributed by atoms with E-state index in [1.165, 1.54) is 36.4 Å². The van der Waals surface area contributed by atoms with Gasteiger partial charge in [-0.05, 0) is 89.4 Å². The molecule has 8 nitrogen and oxygen atoms in total. The molecular formula is C35H38O8S. The fourth-order valence-corrected chi connectivity index (χ4v) is 4.86. The minimum Gasteiger partial charge on any atom is -0.457 e. The van der Waals surface area contributed by atoms with Crippen LogP contribution in [0.5, 0.6) is 0 Å². The van der Waals surface area contributed by atoms with Gasteiger partial charge in [-0.3, -0.25) is 4.79 Å². The predicted octanol–water partition coefficient (Wildman–Crippen LogP) is 7.03. The first-order chi connectivity index (χ1) is 20.4. The van der Waals surface area contributed by atoms with E-state index in [1.54, 1.807) is 102 Å². The molecule has 0 aromatic heterocycles. The molecule has 9 heteroatoms. The molecule has 0 aliphatic rings. The second-order valence-electron chi connectivity index (χ2n) is 12.1. The highest BCUT2D eigenvalue weighted by Crippen LogP contribution is 2.29. The number of hydrogen-bond donors (Lipinski definition) is 0. The lowest BCUT2D eigenvalue weighted by atomic mass is 9.98. The Hall–Kier alpha value is -4.34. The van der Waals surface area contributed by atoms with E-state index >= 15 is 0 Å². The van der Waals surface area contributed by atoms with Crippen molar-refractivity contribution in [2.75, 3.05) is 0 Å². The zero-order valence-electron chi connectivity index (χ0n) is 26.0. The first kappa shape index (κ1) is 34.2. The fourth-order valence-electron chi connectivity index (χ4n) is 3.83. The van der Waals surface area contributed by atoms with Crippen LogP contribution in [0, 0.1) is 6.92 Å². The second kappa shape index (κ2) is 14.0. The third kappa shape index (κ3) is 10.7. The topological polar surface area (TPSA) is 113 Å². The maximum absolute atomic E-state index is 13.7. The van der Waals surface area contributed by atoms with Crippen LogP contribution < -0.4 is 0 Å². The zero-order chi connectivity index (χ0) is 32.7. The van der Waals surface area contributed by atoms with Gasteiger partial charge in [0.05, 0.1) is 4.90 Å². The molecule has 0 aliphatic carbocycles. The molecular weight excluding hydrogens is 580 g/mol. The van der Waals surface area contributed by atoms with Gasteiger partial charge in [-0.1, -0.05) is 66.2 Å². The lowest BCUT2D eigenvalue weighted by Crippen LogP contribution is -2.22. The number of ketones is 1. The molecule has 0 heterocycles. The summed E-state index contributed by atoms with van der Waals surface area (Å²) >= 11 is 0. The number of Topliss-reactive ketones (excluding diaryl/α,β-unsaturated/α-hetero) is 1. The highest BCUT2D eigenvalue weighted by molar-refractivity contribution is 7.86. The molecule has 3 aromatic carbocycles. The van der Waals surface area contributed by atoms with E-state index in [0.717, 1.165) is 5.56 Å². The van der Waals surface area contributed by atoms with Crippen molar-refractivity contribution in [2.24, 2.45) is 0 Å². The summed E-state index contributed by atoms with van der Waals surface area (Å²) in [7, 11) is -4.33. The van der Waals surface area contributed by atoms with Gasteiger partial charge in [-0.2, -0.15) is 8.42 Å². The summed E-state index contributed by atoms with van der Waals surface area (Å²) in [6.07, 6.45) is 4.21. The number of aryl methyl sites for hydroxylation is 1. The summed E-state index contributed by atoms with van der Waals surface area (Å²) in [6, 6.07) is 18.9. The first-order valence-electron chi connectivity index (χ1n) is 14.0. The third-order valence-electron chi connectivity index (χ3n) is 5.84. The maximum Gasteiger partial charge on any atom is 0.331 e. The highest BCUT2D eigenvalue weighted by atomic mass is 32.2. The van der Waals surface area contributed by atoms with Crippen molar-refractivity contribution in [3.63, 3.8) is 0 Å². The molecule has 1 atom stereocenters. The van der Waals surface area contributed by atoms with Crippen LogP contribution in [0.4, 0.5) is 0 Å². The monoisotopic (exact) mass is 618 g/mol. The average Bonchev–Trinajstić information content (AvgIpc) is 2.92. The number of benzene rings is 3. The van der Waals surface area contributed by atoms with Gasteiger partial charge in [0.1, 0.15) is 11.2 Å². The molecule has 0 fully saturated rings. The van der Waals surface area contributed by atoms with Crippen molar-refractivity contribution in [1.29, 1.82) is 0 Å². The van der Waals surface area contributed by atoms with Crippen LogP contribution in [0.2, 0.25) is 0 Å². The van der Waals surface area contributed by atoms with Gasteiger partial charge in [-0.25, -0.2) is 13.8 Å². The zero-order valence-corrected chi connectivity index (χ0v) is 26.8. The fraction of sp³-hybridized carbons (Fsp3) is 0.286. The van der Waals surface area contributed by atoms with Crippen molar-refractivity contribution in [2.45, 2.75) is 70.7 Å². The number of hydrogen-bond acceptors (Lipinski definition) is 8. The molecule has 0 saturated heterocycles. The van der Waals surface area contributed by atoms with E-state index < -0.39 is 45.1 Å². The summed E-state index contributed by atoms with van der Waals surface area (Å²) in [5.41, 5.74) is 1.38. The van der Waals surface area contributed by atoms with E-state index in [9.17, 15) is 22.8 Å². The Morgan fingerprint density at radius 3 is 1.52 bits per heavy atom. The van der Waals surface area contributed by atoms with E-state index in [0.29, 0.717) is 16.7 Å². The Kier molecular flexibility index (Phi) is 10.8. The molecule has 3 aromatic rings. The quantitative estimate of drug-likeness (QED) is 0.103. The molecule has 0 spiro atoms. The summed E-state index contributed by atoms with van der Waals surface area (Å²) < 4.78 is 42.6. The molecule has 0 aliphatic heterocycles. The maximum atomic E-state index is 13.7. The average molecular weight is 619 g/mol. The molecule has 1 unspecified atom stereocenters. The summed E-state index contributed by atoms with van der Waals surface area (Å²) in [5.74, 6) is -1.59. The standard InChI is InChI=1S/C35H38O8S/c1-24-8-20-29(21-9-24)44(39,40)43-33(28-18-12-26(13-19-28)15-23-31(37)42-35(5,6)7)32(38)27-16-10-25(11-17-27)14-22-30(36)41-34(2,3)4/h8-23,33H,1-7H3/b22-14+,23-15+. The van der Waals surface area contributed by atoms with Gasteiger partial charge < -0.3 is 9.47 Å². The van der Waals surface area contributed by atoms with Gasteiger partial charge in [-0.15, -0.1) is 0 Å². The number of carbonyl (C=O) groups excluding carboxylic acids is 3. The van der Waals surface area contributed by atoms with Crippen molar-refractivity contribution in [1.82, 2.24) is 0 Å². The number of carbonyl (C=O) groups is 3. The second-order valence-corrected chi connectivity index (χ2v) is 13.7. The highest BCUT2D eigenvalue weighted by Gasteiger charge is 2.30. The Morgan fingerprint density at radius 1 is 0.659 bits per heavy atom. The lowest BCUT2D eigenvalue weighted by molar-refractivity contribution is -0.149. The lowest BCUT2D eigenvalue weighted by Gasteiger charge is -2.18. The van der Waals surface area contributed by atoms with Crippen molar-refractivity contribution in [3.05, 3.63) is 113 Å². The largest absolute Gasteiger partial charge is 0.457 e. The normalized spacial score (nSPS) is 13.2. The van der Waals surface area contributed by atoms with Gasteiger partial charge in [0.25, 0.3) is 10.1 Å². The van der Waals surface area contributed by atoms with Crippen LogP contribution in [0.15, 0.2) is 89.8 Å².